The summed E-state index contributed by atoms with van der Waals surface area (Å²) < 4.78 is 5.65. The van der Waals surface area contributed by atoms with E-state index in [4.69, 9.17) is 9.72 Å². The van der Waals surface area contributed by atoms with Crippen molar-refractivity contribution in [3.05, 3.63) is 18.1 Å². The summed E-state index contributed by atoms with van der Waals surface area (Å²) in [5, 5.41) is 0.999. The first kappa shape index (κ1) is 23.8. The number of hydrogen-bond acceptors (Lipinski definition) is 5. The Morgan fingerprint density at radius 1 is 1.18 bits per heavy atom. The molecule has 0 radical (unpaired) electrons. The van der Waals surface area contributed by atoms with E-state index in [9.17, 15) is 4.79 Å². The van der Waals surface area contributed by atoms with Crippen molar-refractivity contribution >= 4 is 39.1 Å². The summed E-state index contributed by atoms with van der Waals surface area (Å²) in [4.78, 5) is 29.5. The maximum Gasteiger partial charge on any atom is 0.409 e. The summed E-state index contributed by atoms with van der Waals surface area (Å²) in [5.74, 6) is 4.90. The third-order valence-electron chi connectivity index (χ3n) is 6.49. The molecular formula is C24H37N5O2Si2. The fourth-order valence-corrected chi connectivity index (χ4v) is 5.85. The highest BCUT2D eigenvalue weighted by atomic mass is 28.3. The Kier molecular flexibility index (Phi) is 6.60. The second-order valence-corrected chi connectivity index (χ2v) is 22.0. The number of H-pyrrole nitrogens is 1. The molecule has 9 heteroatoms. The normalized spacial score (nSPS) is 21.0. The van der Waals surface area contributed by atoms with Crippen molar-refractivity contribution in [1.82, 2.24) is 19.9 Å². The van der Waals surface area contributed by atoms with Crippen molar-refractivity contribution in [1.29, 1.82) is 0 Å². The van der Waals surface area contributed by atoms with E-state index in [1.165, 1.54) is 0 Å². The number of ether oxygens (including phenoxy) is 1. The van der Waals surface area contributed by atoms with Gasteiger partial charge in [0.15, 0.2) is 0 Å². The zero-order valence-electron chi connectivity index (χ0n) is 20.9. The lowest BCUT2D eigenvalue weighted by Crippen LogP contribution is -2.50. The molecular weight excluding hydrogens is 446 g/mol. The molecule has 0 aliphatic carbocycles. The molecule has 2 aliphatic heterocycles. The van der Waals surface area contributed by atoms with Gasteiger partial charge in [-0.3, -0.25) is 0 Å². The Bertz CT molecular complexity index is 1080. The number of aromatic nitrogens is 3. The van der Waals surface area contributed by atoms with Crippen LogP contribution in [0, 0.1) is 17.4 Å². The number of aromatic amines is 1. The van der Waals surface area contributed by atoms with Crippen molar-refractivity contribution < 1.29 is 9.53 Å². The molecule has 0 saturated carbocycles. The number of likely N-dealkylation sites (tertiary alicyclic amines) is 1. The van der Waals surface area contributed by atoms with Gasteiger partial charge < -0.3 is 19.5 Å². The molecule has 178 valence electrons. The van der Waals surface area contributed by atoms with E-state index in [0.717, 1.165) is 54.4 Å². The summed E-state index contributed by atoms with van der Waals surface area (Å²) in [6, 6.07) is 1.24. The fourth-order valence-electron chi connectivity index (χ4n) is 4.62. The predicted molar refractivity (Wildman–Crippen MR) is 139 cm³/mol. The maximum atomic E-state index is 12.8. The van der Waals surface area contributed by atoms with Crippen LogP contribution >= 0.6 is 0 Å². The first-order chi connectivity index (χ1) is 15.5. The van der Waals surface area contributed by atoms with Crippen LogP contribution in [0.25, 0.3) is 11.0 Å². The van der Waals surface area contributed by atoms with Crippen LogP contribution < -0.4 is 4.90 Å². The number of nitrogens with zero attached hydrogens (tertiary/aromatic N) is 4. The van der Waals surface area contributed by atoms with Gasteiger partial charge in [0.05, 0.1) is 23.6 Å². The summed E-state index contributed by atoms with van der Waals surface area (Å²) in [6.07, 6.45) is 5.53. The first-order valence-corrected chi connectivity index (χ1v) is 19.3. The molecule has 4 heterocycles. The van der Waals surface area contributed by atoms with Gasteiger partial charge in [0.1, 0.15) is 25.9 Å². The molecule has 1 amide bonds. The fraction of sp³-hybridized carbons (Fsp3) is 0.625. The molecule has 33 heavy (non-hydrogen) atoms. The van der Waals surface area contributed by atoms with E-state index >= 15 is 0 Å². The minimum atomic E-state index is -1.51. The molecule has 2 aromatic heterocycles. The van der Waals surface area contributed by atoms with Crippen LogP contribution in [-0.4, -0.2) is 74.4 Å². The van der Waals surface area contributed by atoms with Crippen LogP contribution in [0.1, 0.15) is 18.4 Å². The van der Waals surface area contributed by atoms with Gasteiger partial charge in [-0.25, -0.2) is 14.8 Å². The third kappa shape index (κ3) is 5.61. The number of nitrogens with one attached hydrogen (secondary N) is 1. The SMILES string of the molecule is C[Si](C)(C)C#Cc1c[nH]c2ncnc(N3CCC4CCN(C(=O)OCC[Si](C)(C)C)CC43)c12. The van der Waals surface area contributed by atoms with Crippen LogP contribution in [0.5, 0.6) is 0 Å². The predicted octanol–water partition coefficient (Wildman–Crippen LogP) is 4.56. The van der Waals surface area contributed by atoms with Crippen LogP contribution in [0.2, 0.25) is 45.3 Å². The Morgan fingerprint density at radius 3 is 2.67 bits per heavy atom. The molecule has 2 aliphatic rings. The molecule has 7 nitrogen and oxygen atoms in total. The number of hydrogen-bond donors (Lipinski definition) is 1. The van der Waals surface area contributed by atoms with Crippen molar-refractivity contribution in [3.8, 4) is 11.5 Å². The zero-order valence-corrected chi connectivity index (χ0v) is 22.9. The highest BCUT2D eigenvalue weighted by molar-refractivity contribution is 6.83. The highest BCUT2D eigenvalue weighted by Gasteiger charge is 2.41. The number of carbonyl (C=O) groups is 1. The van der Waals surface area contributed by atoms with Crippen LogP contribution in [0.4, 0.5) is 10.6 Å². The van der Waals surface area contributed by atoms with Gasteiger partial charge in [0.2, 0.25) is 0 Å². The summed E-state index contributed by atoms with van der Waals surface area (Å²) in [6.45, 7) is 16.6. The molecule has 0 spiro atoms. The lowest BCUT2D eigenvalue weighted by molar-refractivity contribution is 0.0890. The van der Waals surface area contributed by atoms with Crippen LogP contribution in [-0.2, 0) is 4.74 Å². The van der Waals surface area contributed by atoms with E-state index < -0.39 is 16.1 Å². The van der Waals surface area contributed by atoms with Gasteiger partial charge in [0, 0.05) is 33.9 Å². The van der Waals surface area contributed by atoms with Gasteiger partial charge in [-0.05, 0) is 24.8 Å². The van der Waals surface area contributed by atoms with E-state index in [-0.39, 0.29) is 12.1 Å². The highest BCUT2D eigenvalue weighted by Crippen LogP contribution is 2.37. The van der Waals surface area contributed by atoms with E-state index in [0.29, 0.717) is 19.1 Å². The summed E-state index contributed by atoms with van der Waals surface area (Å²) >= 11 is 0. The third-order valence-corrected chi connectivity index (χ3v) is 9.07. The van der Waals surface area contributed by atoms with E-state index in [1.54, 1.807) is 6.33 Å². The number of rotatable bonds is 4. The number of amides is 1. The molecule has 1 N–H and O–H groups in total. The van der Waals surface area contributed by atoms with Crippen molar-refractivity contribution in [2.24, 2.45) is 5.92 Å². The second-order valence-electron chi connectivity index (χ2n) is 11.6. The lowest BCUT2D eigenvalue weighted by Gasteiger charge is -2.38. The van der Waals surface area contributed by atoms with E-state index in [1.807, 2.05) is 11.1 Å². The van der Waals surface area contributed by atoms with Gasteiger partial charge in [-0.15, -0.1) is 5.54 Å². The average Bonchev–Trinajstić information content (AvgIpc) is 3.34. The first-order valence-electron chi connectivity index (χ1n) is 12.1. The van der Waals surface area contributed by atoms with Crippen molar-refractivity contribution in [2.45, 2.75) is 64.2 Å². The lowest BCUT2D eigenvalue weighted by atomic mass is 9.92. The quantitative estimate of drug-likeness (QED) is 0.510. The Hall–Kier alpha value is -2.32. The van der Waals surface area contributed by atoms with Gasteiger partial charge in [-0.2, -0.15) is 0 Å². The monoisotopic (exact) mass is 483 g/mol. The minimum absolute atomic E-state index is 0.172. The largest absolute Gasteiger partial charge is 0.450 e. The van der Waals surface area contributed by atoms with Crippen molar-refractivity contribution in [2.75, 3.05) is 31.1 Å². The Labute approximate surface area is 199 Å². The summed E-state index contributed by atoms with van der Waals surface area (Å²) in [5.41, 5.74) is 5.25. The Morgan fingerprint density at radius 2 is 1.94 bits per heavy atom. The van der Waals surface area contributed by atoms with Gasteiger partial charge >= 0.3 is 6.09 Å². The second kappa shape index (κ2) is 9.14. The molecule has 2 aromatic rings. The van der Waals surface area contributed by atoms with Crippen molar-refractivity contribution in [3.63, 3.8) is 0 Å². The molecule has 2 atom stereocenters. The summed E-state index contributed by atoms with van der Waals surface area (Å²) in [7, 11) is -2.73. The average molecular weight is 484 g/mol. The van der Waals surface area contributed by atoms with Gasteiger partial charge in [0.25, 0.3) is 0 Å². The van der Waals surface area contributed by atoms with Crippen LogP contribution in [0.3, 0.4) is 0 Å². The number of fused-ring (bicyclic) bond motifs is 2. The Balaban J connectivity index is 1.55. The molecule has 2 unspecified atom stereocenters. The zero-order chi connectivity index (χ0) is 23.8. The van der Waals surface area contributed by atoms with E-state index in [2.05, 4.69) is 65.6 Å². The smallest absolute Gasteiger partial charge is 0.409 e. The number of anilines is 1. The van der Waals surface area contributed by atoms with Gasteiger partial charge in [-0.1, -0.05) is 45.2 Å². The molecule has 4 rings (SSSR count). The minimum Gasteiger partial charge on any atom is -0.450 e. The molecule has 0 bridgehead atoms. The number of piperidine rings is 1. The molecule has 2 saturated heterocycles. The molecule has 0 aromatic carbocycles. The molecule has 2 fully saturated rings. The number of carbonyl (C=O) groups excluding carboxylic acids is 1. The van der Waals surface area contributed by atoms with Crippen LogP contribution in [0.15, 0.2) is 12.5 Å². The maximum absolute atomic E-state index is 12.8. The standard InChI is InChI=1S/C24H37N5O2Si2/c1-32(2,3)13-9-19-15-25-22-21(19)23(27-17-26-22)29-11-8-18-7-10-28(16-20(18)29)24(30)31-12-14-33(4,5)6/h15,17-18,20H,7-8,10-12,14,16H2,1-6H3,(H,25,26,27). The topological polar surface area (TPSA) is 74.4 Å².